The van der Waals surface area contributed by atoms with Crippen LogP contribution in [-0.2, 0) is 6.54 Å². The third kappa shape index (κ3) is 3.61. The fourth-order valence-corrected chi connectivity index (χ4v) is 2.51. The fourth-order valence-electron chi connectivity index (χ4n) is 2.32. The number of likely N-dealkylation sites (tertiary alicyclic amines) is 1. The SMILES string of the molecule is CCOc1ccc(Cl)cc1CN1CCC(N)CC1. The second-order valence-corrected chi connectivity index (χ2v) is 5.24. The summed E-state index contributed by atoms with van der Waals surface area (Å²) in [6.45, 7) is 5.68. The number of nitrogens with two attached hydrogens (primary N) is 1. The number of ether oxygens (including phenoxy) is 1. The molecule has 1 aromatic carbocycles. The lowest BCUT2D eigenvalue weighted by Crippen LogP contribution is -2.39. The summed E-state index contributed by atoms with van der Waals surface area (Å²) in [4.78, 5) is 2.41. The van der Waals surface area contributed by atoms with Gasteiger partial charge in [-0.2, -0.15) is 0 Å². The van der Waals surface area contributed by atoms with Crippen molar-refractivity contribution in [3.63, 3.8) is 0 Å². The standard InChI is InChI=1S/C14H21ClN2O/c1-2-18-14-4-3-12(15)9-11(14)10-17-7-5-13(16)6-8-17/h3-4,9,13H,2,5-8,10,16H2,1H3. The molecule has 18 heavy (non-hydrogen) atoms. The predicted molar refractivity (Wildman–Crippen MR) is 75.1 cm³/mol. The third-order valence-corrected chi connectivity index (χ3v) is 3.58. The molecule has 1 aliphatic rings. The van der Waals surface area contributed by atoms with Gasteiger partial charge in [0.1, 0.15) is 5.75 Å². The second kappa shape index (κ2) is 6.41. The van der Waals surface area contributed by atoms with Crippen LogP contribution in [0.3, 0.4) is 0 Å². The van der Waals surface area contributed by atoms with Crippen molar-refractivity contribution >= 4 is 11.6 Å². The number of nitrogens with zero attached hydrogens (tertiary/aromatic N) is 1. The van der Waals surface area contributed by atoms with Crippen molar-refractivity contribution in [2.24, 2.45) is 5.73 Å². The smallest absolute Gasteiger partial charge is 0.123 e. The molecule has 0 atom stereocenters. The zero-order valence-corrected chi connectivity index (χ0v) is 11.6. The Morgan fingerprint density at radius 2 is 2.11 bits per heavy atom. The fraction of sp³-hybridized carbons (Fsp3) is 0.571. The second-order valence-electron chi connectivity index (χ2n) is 4.80. The predicted octanol–water partition coefficient (Wildman–Crippen LogP) is 2.66. The van der Waals surface area contributed by atoms with E-state index in [1.807, 2.05) is 25.1 Å². The van der Waals surface area contributed by atoms with Crippen molar-refractivity contribution in [2.45, 2.75) is 32.4 Å². The first-order valence-corrected chi connectivity index (χ1v) is 6.96. The highest BCUT2D eigenvalue weighted by Crippen LogP contribution is 2.25. The van der Waals surface area contributed by atoms with Crippen LogP contribution in [-0.4, -0.2) is 30.6 Å². The van der Waals surface area contributed by atoms with Gasteiger partial charge in [0.15, 0.2) is 0 Å². The van der Waals surface area contributed by atoms with Crippen LogP contribution in [0.1, 0.15) is 25.3 Å². The quantitative estimate of drug-likeness (QED) is 0.912. The molecule has 0 saturated carbocycles. The summed E-state index contributed by atoms with van der Waals surface area (Å²) in [7, 11) is 0. The third-order valence-electron chi connectivity index (χ3n) is 3.35. The summed E-state index contributed by atoms with van der Waals surface area (Å²) in [5.41, 5.74) is 7.09. The Morgan fingerprint density at radius 1 is 1.39 bits per heavy atom. The first kappa shape index (κ1) is 13.7. The van der Waals surface area contributed by atoms with Crippen LogP contribution >= 0.6 is 11.6 Å². The minimum absolute atomic E-state index is 0.368. The Labute approximate surface area is 114 Å². The maximum Gasteiger partial charge on any atom is 0.123 e. The van der Waals surface area contributed by atoms with E-state index in [9.17, 15) is 0 Å². The molecule has 0 amide bonds. The summed E-state index contributed by atoms with van der Waals surface area (Å²) in [5, 5.41) is 0.766. The summed E-state index contributed by atoms with van der Waals surface area (Å²) in [6.07, 6.45) is 2.15. The number of benzene rings is 1. The molecule has 1 heterocycles. The molecule has 1 aliphatic heterocycles. The van der Waals surface area contributed by atoms with Gasteiger partial charge >= 0.3 is 0 Å². The summed E-state index contributed by atoms with van der Waals surface area (Å²) < 4.78 is 5.64. The van der Waals surface area contributed by atoms with E-state index in [2.05, 4.69) is 4.90 Å². The molecule has 0 radical (unpaired) electrons. The Kier molecular flexibility index (Phi) is 4.87. The van der Waals surface area contributed by atoms with E-state index < -0.39 is 0 Å². The Morgan fingerprint density at radius 3 is 2.78 bits per heavy atom. The van der Waals surface area contributed by atoms with Crippen molar-refractivity contribution in [1.82, 2.24) is 4.90 Å². The molecule has 0 bridgehead atoms. The van der Waals surface area contributed by atoms with E-state index in [1.165, 1.54) is 5.56 Å². The first-order valence-electron chi connectivity index (χ1n) is 6.58. The van der Waals surface area contributed by atoms with Gasteiger partial charge in [0.2, 0.25) is 0 Å². The lowest BCUT2D eigenvalue weighted by molar-refractivity contribution is 0.202. The van der Waals surface area contributed by atoms with Gasteiger partial charge in [-0.1, -0.05) is 11.6 Å². The van der Waals surface area contributed by atoms with E-state index in [-0.39, 0.29) is 0 Å². The minimum atomic E-state index is 0.368. The highest BCUT2D eigenvalue weighted by Gasteiger charge is 2.17. The molecular formula is C14H21ClN2O. The maximum atomic E-state index is 6.06. The molecule has 0 aliphatic carbocycles. The summed E-state index contributed by atoms with van der Waals surface area (Å²) >= 11 is 6.06. The van der Waals surface area contributed by atoms with E-state index >= 15 is 0 Å². The maximum absolute atomic E-state index is 6.06. The molecule has 100 valence electrons. The minimum Gasteiger partial charge on any atom is -0.494 e. The Bertz CT molecular complexity index is 389. The van der Waals surface area contributed by atoms with Gasteiger partial charge in [-0.05, 0) is 51.1 Å². The van der Waals surface area contributed by atoms with Crippen molar-refractivity contribution in [2.75, 3.05) is 19.7 Å². The first-order chi connectivity index (χ1) is 8.69. The largest absolute Gasteiger partial charge is 0.494 e. The average molecular weight is 269 g/mol. The molecule has 2 N–H and O–H groups in total. The van der Waals surface area contributed by atoms with Crippen LogP contribution in [0.4, 0.5) is 0 Å². The van der Waals surface area contributed by atoms with Gasteiger partial charge in [-0.25, -0.2) is 0 Å². The Hall–Kier alpha value is -0.770. The van der Waals surface area contributed by atoms with Gasteiger partial charge in [-0.15, -0.1) is 0 Å². The lowest BCUT2D eigenvalue weighted by atomic mass is 10.1. The van der Waals surface area contributed by atoms with Crippen molar-refractivity contribution in [3.05, 3.63) is 28.8 Å². The number of piperidine rings is 1. The molecule has 0 spiro atoms. The van der Waals surface area contributed by atoms with E-state index in [0.717, 1.165) is 43.2 Å². The van der Waals surface area contributed by atoms with E-state index in [4.69, 9.17) is 22.1 Å². The molecule has 1 aromatic rings. The van der Waals surface area contributed by atoms with Crippen LogP contribution in [0.15, 0.2) is 18.2 Å². The molecule has 4 heteroatoms. The van der Waals surface area contributed by atoms with E-state index in [1.54, 1.807) is 0 Å². The van der Waals surface area contributed by atoms with Crippen LogP contribution in [0, 0.1) is 0 Å². The topological polar surface area (TPSA) is 38.5 Å². The summed E-state index contributed by atoms with van der Waals surface area (Å²) in [6, 6.07) is 6.20. The van der Waals surface area contributed by atoms with Crippen LogP contribution in [0.25, 0.3) is 0 Å². The van der Waals surface area contributed by atoms with Gasteiger partial charge < -0.3 is 10.5 Å². The molecule has 3 nitrogen and oxygen atoms in total. The number of hydrogen-bond acceptors (Lipinski definition) is 3. The monoisotopic (exact) mass is 268 g/mol. The van der Waals surface area contributed by atoms with Crippen molar-refractivity contribution < 1.29 is 4.74 Å². The van der Waals surface area contributed by atoms with Crippen LogP contribution in [0.2, 0.25) is 5.02 Å². The lowest BCUT2D eigenvalue weighted by Gasteiger charge is -2.30. The Balaban J connectivity index is 2.05. The van der Waals surface area contributed by atoms with Crippen molar-refractivity contribution in [1.29, 1.82) is 0 Å². The van der Waals surface area contributed by atoms with Gasteiger partial charge in [0.05, 0.1) is 6.61 Å². The average Bonchev–Trinajstić information content (AvgIpc) is 2.36. The molecule has 2 rings (SSSR count). The van der Waals surface area contributed by atoms with Crippen LogP contribution < -0.4 is 10.5 Å². The number of hydrogen-bond donors (Lipinski definition) is 1. The highest BCUT2D eigenvalue weighted by molar-refractivity contribution is 6.30. The molecule has 0 aromatic heterocycles. The molecule has 0 unspecified atom stereocenters. The highest BCUT2D eigenvalue weighted by atomic mass is 35.5. The van der Waals surface area contributed by atoms with Crippen molar-refractivity contribution in [3.8, 4) is 5.75 Å². The summed E-state index contributed by atoms with van der Waals surface area (Å²) in [5.74, 6) is 0.941. The van der Waals surface area contributed by atoms with Gasteiger partial charge in [-0.3, -0.25) is 4.90 Å². The normalized spacial score (nSPS) is 17.9. The molecule has 1 saturated heterocycles. The van der Waals surface area contributed by atoms with E-state index in [0.29, 0.717) is 12.6 Å². The zero-order valence-electron chi connectivity index (χ0n) is 10.9. The van der Waals surface area contributed by atoms with Gasteiger partial charge in [0, 0.05) is 23.2 Å². The number of halogens is 1. The van der Waals surface area contributed by atoms with Crippen LogP contribution in [0.5, 0.6) is 5.75 Å². The number of rotatable bonds is 4. The van der Waals surface area contributed by atoms with Gasteiger partial charge in [0.25, 0.3) is 0 Å². The molecular weight excluding hydrogens is 248 g/mol. The molecule has 1 fully saturated rings. The zero-order chi connectivity index (χ0) is 13.0.